The molecule has 0 saturated carbocycles. The Morgan fingerprint density at radius 2 is 2.00 bits per heavy atom. The highest BCUT2D eigenvalue weighted by atomic mass is 32.1. The van der Waals surface area contributed by atoms with Crippen LogP contribution < -0.4 is 0 Å². The van der Waals surface area contributed by atoms with Crippen molar-refractivity contribution in [3.05, 3.63) is 0 Å². The van der Waals surface area contributed by atoms with E-state index in [1.165, 1.54) is 4.90 Å². The van der Waals surface area contributed by atoms with Gasteiger partial charge in [0.25, 0.3) is 0 Å². The van der Waals surface area contributed by atoms with Crippen molar-refractivity contribution in [3.8, 4) is 0 Å². The first-order valence-electron chi connectivity index (χ1n) is 5.25. The Labute approximate surface area is 96.0 Å². The normalized spacial score (nSPS) is 19.7. The number of hydrogen-bond acceptors (Lipinski definition) is 3. The summed E-state index contributed by atoms with van der Waals surface area (Å²) in [6, 6.07) is 0. The summed E-state index contributed by atoms with van der Waals surface area (Å²) < 4.78 is 0. The number of piperazine rings is 1. The lowest BCUT2D eigenvalue weighted by atomic mass is 10.1. The SMILES string of the molecule is CCC(CS)CN1CCN(C)C(=O)C1=O. The van der Waals surface area contributed by atoms with Gasteiger partial charge in [0, 0.05) is 26.7 Å². The van der Waals surface area contributed by atoms with E-state index in [0.717, 1.165) is 12.2 Å². The Morgan fingerprint density at radius 3 is 2.53 bits per heavy atom. The Bertz CT molecular complexity index is 254. The average Bonchev–Trinajstić information content (AvgIpc) is 2.25. The van der Waals surface area contributed by atoms with Crippen molar-refractivity contribution in [2.45, 2.75) is 13.3 Å². The second kappa shape index (κ2) is 5.39. The minimum absolute atomic E-state index is 0.371. The van der Waals surface area contributed by atoms with Gasteiger partial charge in [0.05, 0.1) is 0 Å². The minimum atomic E-state index is -0.393. The van der Waals surface area contributed by atoms with Gasteiger partial charge in [-0.05, 0) is 11.7 Å². The summed E-state index contributed by atoms with van der Waals surface area (Å²) in [6.07, 6.45) is 0.983. The van der Waals surface area contributed by atoms with Crippen LogP contribution in [0.2, 0.25) is 0 Å². The molecule has 0 aromatic heterocycles. The largest absolute Gasteiger partial charge is 0.336 e. The Hall–Kier alpha value is -0.710. The summed E-state index contributed by atoms with van der Waals surface area (Å²) in [6.45, 7) is 4.00. The molecule has 0 aromatic carbocycles. The molecule has 1 fully saturated rings. The summed E-state index contributed by atoms with van der Waals surface area (Å²) in [5.74, 6) is 0.373. The fourth-order valence-corrected chi connectivity index (χ4v) is 1.95. The highest BCUT2D eigenvalue weighted by Gasteiger charge is 2.30. The van der Waals surface area contributed by atoms with Crippen molar-refractivity contribution >= 4 is 24.4 Å². The summed E-state index contributed by atoms with van der Waals surface area (Å²) >= 11 is 4.23. The van der Waals surface area contributed by atoms with Gasteiger partial charge in [0.1, 0.15) is 0 Å². The number of likely N-dealkylation sites (N-methyl/N-ethyl adjacent to an activating group) is 1. The van der Waals surface area contributed by atoms with Crippen LogP contribution in [0.5, 0.6) is 0 Å². The second-order valence-electron chi connectivity index (χ2n) is 3.93. The van der Waals surface area contributed by atoms with Gasteiger partial charge >= 0.3 is 11.8 Å². The third-order valence-electron chi connectivity index (χ3n) is 2.84. The van der Waals surface area contributed by atoms with E-state index in [1.807, 2.05) is 0 Å². The second-order valence-corrected chi connectivity index (χ2v) is 4.30. The summed E-state index contributed by atoms with van der Waals surface area (Å²) in [7, 11) is 1.66. The van der Waals surface area contributed by atoms with E-state index in [2.05, 4.69) is 19.6 Å². The summed E-state index contributed by atoms with van der Waals surface area (Å²) in [5, 5.41) is 0. The number of carbonyl (C=O) groups is 2. The summed E-state index contributed by atoms with van der Waals surface area (Å²) in [5.41, 5.74) is 0. The number of thiol groups is 1. The van der Waals surface area contributed by atoms with Crippen molar-refractivity contribution in [2.24, 2.45) is 5.92 Å². The summed E-state index contributed by atoms with van der Waals surface area (Å²) in [4.78, 5) is 26.1. The number of amides is 2. The molecule has 1 heterocycles. The van der Waals surface area contributed by atoms with Crippen molar-refractivity contribution in [2.75, 3.05) is 32.4 Å². The molecule has 2 amide bonds. The van der Waals surface area contributed by atoms with Crippen LogP contribution in [0.1, 0.15) is 13.3 Å². The van der Waals surface area contributed by atoms with E-state index >= 15 is 0 Å². The smallest absolute Gasteiger partial charge is 0.312 e. The van der Waals surface area contributed by atoms with Crippen LogP contribution in [-0.4, -0.2) is 54.0 Å². The molecule has 0 N–H and O–H groups in total. The van der Waals surface area contributed by atoms with Crippen LogP contribution in [0.4, 0.5) is 0 Å². The van der Waals surface area contributed by atoms with Crippen LogP contribution in [0.25, 0.3) is 0 Å². The minimum Gasteiger partial charge on any atom is -0.336 e. The molecular weight excluding hydrogens is 212 g/mol. The Morgan fingerprint density at radius 1 is 1.33 bits per heavy atom. The highest BCUT2D eigenvalue weighted by Crippen LogP contribution is 2.11. The number of carbonyl (C=O) groups excluding carboxylic acids is 2. The van der Waals surface area contributed by atoms with Gasteiger partial charge in [-0.3, -0.25) is 9.59 Å². The molecule has 1 unspecified atom stereocenters. The zero-order chi connectivity index (χ0) is 11.4. The average molecular weight is 230 g/mol. The lowest BCUT2D eigenvalue weighted by Crippen LogP contribution is -2.53. The molecule has 0 aromatic rings. The number of hydrogen-bond donors (Lipinski definition) is 1. The van der Waals surface area contributed by atoms with Crippen LogP contribution >= 0.6 is 12.6 Å². The first-order valence-corrected chi connectivity index (χ1v) is 5.88. The lowest BCUT2D eigenvalue weighted by Gasteiger charge is -2.33. The predicted octanol–water partition coefficient (Wildman–Crippen LogP) is 0.243. The zero-order valence-electron chi connectivity index (χ0n) is 9.27. The molecule has 1 aliphatic rings. The van der Waals surface area contributed by atoms with E-state index in [0.29, 0.717) is 25.6 Å². The highest BCUT2D eigenvalue weighted by molar-refractivity contribution is 7.80. The molecule has 1 saturated heterocycles. The number of nitrogens with zero attached hydrogens (tertiary/aromatic N) is 2. The first kappa shape index (κ1) is 12.4. The maximum absolute atomic E-state index is 11.6. The van der Waals surface area contributed by atoms with Crippen molar-refractivity contribution in [1.29, 1.82) is 0 Å². The van der Waals surface area contributed by atoms with Crippen molar-refractivity contribution in [3.63, 3.8) is 0 Å². The molecule has 15 heavy (non-hydrogen) atoms. The molecule has 5 heteroatoms. The fraction of sp³-hybridized carbons (Fsp3) is 0.800. The zero-order valence-corrected chi connectivity index (χ0v) is 10.2. The van der Waals surface area contributed by atoms with Gasteiger partial charge in [-0.1, -0.05) is 13.3 Å². The fourth-order valence-electron chi connectivity index (χ4n) is 1.57. The molecular formula is C10H18N2O2S. The van der Waals surface area contributed by atoms with Crippen LogP contribution in [0.15, 0.2) is 0 Å². The van der Waals surface area contributed by atoms with Gasteiger partial charge in [0.15, 0.2) is 0 Å². The molecule has 0 aliphatic carbocycles. The van der Waals surface area contributed by atoms with Crippen LogP contribution in [-0.2, 0) is 9.59 Å². The van der Waals surface area contributed by atoms with Gasteiger partial charge in [-0.25, -0.2) is 0 Å². The van der Waals surface area contributed by atoms with Gasteiger partial charge in [0.2, 0.25) is 0 Å². The number of rotatable bonds is 4. The van der Waals surface area contributed by atoms with Gasteiger partial charge in [-0.15, -0.1) is 0 Å². The molecule has 1 atom stereocenters. The van der Waals surface area contributed by atoms with E-state index in [-0.39, 0.29) is 5.91 Å². The molecule has 4 nitrogen and oxygen atoms in total. The van der Waals surface area contributed by atoms with E-state index in [1.54, 1.807) is 11.9 Å². The van der Waals surface area contributed by atoms with Crippen molar-refractivity contribution < 1.29 is 9.59 Å². The first-order chi connectivity index (χ1) is 7.10. The quantitative estimate of drug-likeness (QED) is 0.555. The standard InChI is InChI=1S/C10H18N2O2S/c1-3-8(7-15)6-12-5-4-11(2)9(13)10(12)14/h8,15H,3-7H2,1-2H3. The molecule has 1 rings (SSSR count). The van der Waals surface area contributed by atoms with Crippen molar-refractivity contribution in [1.82, 2.24) is 9.80 Å². The van der Waals surface area contributed by atoms with Crippen LogP contribution in [0.3, 0.4) is 0 Å². The molecule has 86 valence electrons. The third-order valence-corrected chi connectivity index (χ3v) is 3.35. The van der Waals surface area contributed by atoms with E-state index < -0.39 is 5.91 Å². The Balaban J connectivity index is 2.56. The van der Waals surface area contributed by atoms with Gasteiger partial charge in [-0.2, -0.15) is 12.6 Å². The molecule has 1 aliphatic heterocycles. The molecule has 0 spiro atoms. The van der Waals surface area contributed by atoms with Crippen LogP contribution in [0, 0.1) is 5.92 Å². The third kappa shape index (κ3) is 2.87. The topological polar surface area (TPSA) is 40.6 Å². The van der Waals surface area contributed by atoms with E-state index in [4.69, 9.17) is 0 Å². The molecule has 0 bridgehead atoms. The molecule has 0 radical (unpaired) electrons. The maximum atomic E-state index is 11.6. The monoisotopic (exact) mass is 230 g/mol. The lowest BCUT2D eigenvalue weighted by molar-refractivity contribution is -0.155. The maximum Gasteiger partial charge on any atom is 0.312 e. The Kier molecular flexibility index (Phi) is 4.45. The van der Waals surface area contributed by atoms with Gasteiger partial charge < -0.3 is 9.80 Å². The predicted molar refractivity (Wildman–Crippen MR) is 61.9 cm³/mol. The van der Waals surface area contributed by atoms with E-state index in [9.17, 15) is 9.59 Å².